The highest BCUT2D eigenvalue weighted by molar-refractivity contribution is 5.81. The number of amides is 3. The van der Waals surface area contributed by atoms with Crippen LogP contribution >= 0.6 is 0 Å². The molecule has 2 fully saturated rings. The van der Waals surface area contributed by atoms with E-state index < -0.39 is 0 Å². The van der Waals surface area contributed by atoms with E-state index in [1.165, 1.54) is 0 Å². The molecule has 7 nitrogen and oxygen atoms in total. The molecule has 25 heavy (non-hydrogen) atoms. The second kappa shape index (κ2) is 9.63. The van der Waals surface area contributed by atoms with Crippen molar-refractivity contribution in [2.45, 2.75) is 46.0 Å². The third-order valence-corrected chi connectivity index (χ3v) is 5.11. The van der Waals surface area contributed by atoms with Gasteiger partial charge in [-0.3, -0.25) is 9.59 Å². The maximum Gasteiger partial charge on any atom is 0.409 e. The second-order valence-electron chi connectivity index (χ2n) is 6.85. The zero-order valence-corrected chi connectivity index (χ0v) is 15.5. The van der Waals surface area contributed by atoms with Crippen molar-refractivity contribution in [1.82, 2.24) is 15.1 Å². The summed E-state index contributed by atoms with van der Waals surface area (Å²) in [6.45, 7) is 7.10. The molecule has 1 aliphatic carbocycles. The predicted octanol–water partition coefficient (Wildman–Crippen LogP) is 1.62. The standard InChI is InChI=1S/C18H31N3O4/c1-3-9-19-16(22)14-5-7-15(8-6-14)17(23)20-10-12-21(13-11-20)18(24)25-4-2/h14-15H,3-13H2,1-2H3,(H,19,22). The molecular weight excluding hydrogens is 322 g/mol. The fourth-order valence-electron chi connectivity index (χ4n) is 3.58. The van der Waals surface area contributed by atoms with Gasteiger partial charge in [-0.2, -0.15) is 0 Å². The number of hydrogen-bond acceptors (Lipinski definition) is 4. The van der Waals surface area contributed by atoms with Crippen LogP contribution < -0.4 is 5.32 Å². The van der Waals surface area contributed by atoms with Gasteiger partial charge in [0.2, 0.25) is 11.8 Å². The smallest absolute Gasteiger partial charge is 0.409 e. The molecule has 1 saturated carbocycles. The van der Waals surface area contributed by atoms with Crippen LogP contribution in [0, 0.1) is 11.8 Å². The van der Waals surface area contributed by atoms with Crippen LogP contribution in [0.5, 0.6) is 0 Å². The van der Waals surface area contributed by atoms with Crippen LogP contribution in [0.2, 0.25) is 0 Å². The van der Waals surface area contributed by atoms with E-state index in [4.69, 9.17) is 4.74 Å². The topological polar surface area (TPSA) is 79.0 Å². The van der Waals surface area contributed by atoms with Gasteiger partial charge in [-0.1, -0.05) is 6.92 Å². The van der Waals surface area contributed by atoms with E-state index in [9.17, 15) is 14.4 Å². The van der Waals surface area contributed by atoms with Crippen molar-refractivity contribution in [2.24, 2.45) is 11.8 Å². The Morgan fingerprint density at radius 2 is 1.48 bits per heavy atom. The summed E-state index contributed by atoms with van der Waals surface area (Å²) in [7, 11) is 0. The minimum absolute atomic E-state index is 0.0179. The van der Waals surface area contributed by atoms with E-state index in [-0.39, 0.29) is 29.7 Å². The summed E-state index contributed by atoms with van der Waals surface area (Å²) in [5, 5.41) is 2.95. The molecule has 0 atom stereocenters. The highest BCUT2D eigenvalue weighted by Gasteiger charge is 2.33. The molecule has 0 aromatic heterocycles. The van der Waals surface area contributed by atoms with Crippen LogP contribution in [0.15, 0.2) is 0 Å². The van der Waals surface area contributed by atoms with E-state index in [2.05, 4.69) is 5.32 Å². The largest absolute Gasteiger partial charge is 0.450 e. The molecule has 2 aliphatic rings. The maximum atomic E-state index is 12.7. The van der Waals surface area contributed by atoms with E-state index in [1.807, 2.05) is 11.8 Å². The highest BCUT2D eigenvalue weighted by atomic mass is 16.6. The first kappa shape index (κ1) is 19.5. The lowest BCUT2D eigenvalue weighted by atomic mass is 9.81. The van der Waals surface area contributed by atoms with Crippen LogP contribution in [0.3, 0.4) is 0 Å². The van der Waals surface area contributed by atoms with E-state index >= 15 is 0 Å². The lowest BCUT2D eigenvalue weighted by Gasteiger charge is -2.37. The Morgan fingerprint density at radius 1 is 0.920 bits per heavy atom. The number of carbonyl (C=O) groups is 3. The molecule has 7 heteroatoms. The fraction of sp³-hybridized carbons (Fsp3) is 0.833. The quantitative estimate of drug-likeness (QED) is 0.815. The van der Waals surface area contributed by atoms with Gasteiger partial charge in [-0.25, -0.2) is 4.79 Å². The summed E-state index contributed by atoms with van der Waals surface area (Å²) >= 11 is 0. The zero-order chi connectivity index (χ0) is 18.2. The predicted molar refractivity (Wildman–Crippen MR) is 93.9 cm³/mol. The van der Waals surface area contributed by atoms with E-state index in [0.29, 0.717) is 32.8 Å². The minimum atomic E-state index is -0.298. The molecule has 1 aliphatic heterocycles. The Morgan fingerprint density at radius 3 is 2.04 bits per heavy atom. The Balaban J connectivity index is 1.74. The average Bonchev–Trinajstić information content (AvgIpc) is 2.66. The Kier molecular flexibility index (Phi) is 7.52. The summed E-state index contributed by atoms with van der Waals surface area (Å²) in [6.07, 6.45) is 3.77. The van der Waals surface area contributed by atoms with Gasteiger partial charge in [0.25, 0.3) is 0 Å². The minimum Gasteiger partial charge on any atom is -0.450 e. The lowest BCUT2D eigenvalue weighted by Crippen LogP contribution is -2.52. The van der Waals surface area contributed by atoms with Crippen molar-refractivity contribution >= 4 is 17.9 Å². The lowest BCUT2D eigenvalue weighted by molar-refractivity contribution is -0.139. The monoisotopic (exact) mass is 353 g/mol. The molecular formula is C18H31N3O4. The number of carbonyl (C=O) groups excluding carboxylic acids is 3. The SMILES string of the molecule is CCCNC(=O)C1CCC(C(=O)N2CCN(C(=O)OCC)CC2)CC1. The van der Waals surface area contributed by atoms with Gasteiger partial charge in [-0.15, -0.1) is 0 Å². The average molecular weight is 353 g/mol. The normalized spacial score (nSPS) is 23.9. The molecule has 1 heterocycles. The van der Waals surface area contributed by atoms with Gasteiger partial charge >= 0.3 is 6.09 Å². The Hall–Kier alpha value is -1.79. The van der Waals surface area contributed by atoms with Crippen molar-refractivity contribution < 1.29 is 19.1 Å². The summed E-state index contributed by atoms with van der Waals surface area (Å²) in [6, 6.07) is 0. The van der Waals surface area contributed by atoms with E-state index in [0.717, 1.165) is 38.6 Å². The molecule has 0 spiro atoms. The van der Waals surface area contributed by atoms with Crippen molar-refractivity contribution in [1.29, 1.82) is 0 Å². The van der Waals surface area contributed by atoms with Crippen LogP contribution in [-0.2, 0) is 14.3 Å². The van der Waals surface area contributed by atoms with Gasteiger partial charge in [-0.05, 0) is 39.0 Å². The molecule has 0 aromatic rings. The molecule has 142 valence electrons. The molecule has 0 bridgehead atoms. The molecule has 0 unspecified atom stereocenters. The summed E-state index contributed by atoms with van der Waals surface area (Å²) in [5.74, 6) is 0.382. The summed E-state index contributed by atoms with van der Waals surface area (Å²) in [4.78, 5) is 40.0. The highest BCUT2D eigenvalue weighted by Crippen LogP contribution is 2.30. The van der Waals surface area contributed by atoms with E-state index in [1.54, 1.807) is 11.8 Å². The first-order chi connectivity index (χ1) is 12.1. The molecule has 1 saturated heterocycles. The van der Waals surface area contributed by atoms with Gasteiger partial charge in [0.1, 0.15) is 0 Å². The number of ether oxygens (including phenoxy) is 1. The molecule has 3 amide bonds. The van der Waals surface area contributed by atoms with Crippen LogP contribution in [0.4, 0.5) is 4.79 Å². The third kappa shape index (κ3) is 5.34. The molecule has 0 radical (unpaired) electrons. The first-order valence-electron chi connectivity index (χ1n) is 9.55. The second-order valence-corrected chi connectivity index (χ2v) is 6.85. The van der Waals surface area contributed by atoms with Crippen molar-refractivity contribution in [3.05, 3.63) is 0 Å². The first-order valence-corrected chi connectivity index (χ1v) is 9.55. The zero-order valence-electron chi connectivity index (χ0n) is 15.5. The van der Waals surface area contributed by atoms with Crippen LogP contribution in [-0.4, -0.2) is 67.0 Å². The van der Waals surface area contributed by atoms with Crippen molar-refractivity contribution in [3.63, 3.8) is 0 Å². The molecule has 2 rings (SSSR count). The number of nitrogens with zero attached hydrogens (tertiary/aromatic N) is 2. The fourth-order valence-corrected chi connectivity index (χ4v) is 3.58. The number of nitrogens with one attached hydrogen (secondary N) is 1. The van der Waals surface area contributed by atoms with Crippen molar-refractivity contribution in [3.8, 4) is 0 Å². The maximum absolute atomic E-state index is 12.7. The third-order valence-electron chi connectivity index (χ3n) is 5.11. The molecule has 0 aromatic carbocycles. The Bertz CT molecular complexity index is 467. The van der Waals surface area contributed by atoms with Crippen LogP contribution in [0.25, 0.3) is 0 Å². The summed E-state index contributed by atoms with van der Waals surface area (Å²) in [5.41, 5.74) is 0. The van der Waals surface area contributed by atoms with Gasteiger partial charge in [0, 0.05) is 44.6 Å². The van der Waals surface area contributed by atoms with Crippen molar-refractivity contribution in [2.75, 3.05) is 39.3 Å². The van der Waals surface area contributed by atoms with Crippen LogP contribution in [0.1, 0.15) is 46.0 Å². The molecule has 1 N–H and O–H groups in total. The number of piperazine rings is 1. The van der Waals surface area contributed by atoms with Gasteiger partial charge < -0.3 is 19.9 Å². The van der Waals surface area contributed by atoms with Gasteiger partial charge in [0.05, 0.1) is 6.61 Å². The number of hydrogen-bond donors (Lipinski definition) is 1. The Labute approximate surface area is 150 Å². The van der Waals surface area contributed by atoms with Gasteiger partial charge in [0.15, 0.2) is 0 Å². The number of rotatable bonds is 5. The summed E-state index contributed by atoms with van der Waals surface area (Å²) < 4.78 is 5.00.